The number of nitrogens with zero attached hydrogens (tertiary/aromatic N) is 2. The molecule has 2 aromatic carbocycles. The van der Waals surface area contributed by atoms with Gasteiger partial charge in [-0.2, -0.15) is 0 Å². The second-order valence-corrected chi connectivity index (χ2v) is 6.62. The first-order chi connectivity index (χ1) is 12.6. The molecule has 1 fully saturated rings. The van der Waals surface area contributed by atoms with E-state index in [1.54, 1.807) is 4.90 Å². The molecule has 1 unspecified atom stereocenters. The van der Waals surface area contributed by atoms with Crippen LogP contribution in [0.1, 0.15) is 17.3 Å². The first kappa shape index (κ1) is 16.4. The normalized spacial score (nSPS) is 17.3. The topological polar surface area (TPSA) is 54.3 Å². The molecule has 5 nitrogen and oxygen atoms in total. The molecular formula is C21H21N3O2. The van der Waals surface area contributed by atoms with Gasteiger partial charge >= 0.3 is 0 Å². The summed E-state index contributed by atoms with van der Waals surface area (Å²) in [5.41, 5.74) is 2.92. The molecule has 1 N–H and O–H groups in total. The van der Waals surface area contributed by atoms with Crippen LogP contribution in [0, 0.1) is 6.92 Å². The Labute approximate surface area is 152 Å². The van der Waals surface area contributed by atoms with Crippen LogP contribution in [0.5, 0.6) is 0 Å². The van der Waals surface area contributed by atoms with E-state index in [2.05, 4.69) is 11.4 Å². The van der Waals surface area contributed by atoms with Gasteiger partial charge in [0.1, 0.15) is 12.6 Å². The van der Waals surface area contributed by atoms with E-state index in [1.165, 1.54) is 0 Å². The molecule has 0 aliphatic carbocycles. The van der Waals surface area contributed by atoms with Crippen molar-refractivity contribution in [2.75, 3.05) is 13.1 Å². The Morgan fingerprint density at radius 2 is 1.85 bits per heavy atom. The Balaban J connectivity index is 1.65. The van der Waals surface area contributed by atoms with Crippen molar-refractivity contribution in [3.8, 4) is 0 Å². The van der Waals surface area contributed by atoms with Crippen LogP contribution in [-0.2, 0) is 16.1 Å². The molecule has 1 atom stereocenters. The van der Waals surface area contributed by atoms with Crippen LogP contribution in [0.15, 0.2) is 60.7 Å². The average Bonchev–Trinajstić information content (AvgIpc) is 2.97. The van der Waals surface area contributed by atoms with Gasteiger partial charge in [-0.05, 0) is 30.0 Å². The summed E-state index contributed by atoms with van der Waals surface area (Å²) in [4.78, 5) is 27.3. The third-order valence-corrected chi connectivity index (χ3v) is 4.96. The first-order valence-corrected chi connectivity index (χ1v) is 8.82. The quantitative estimate of drug-likeness (QED) is 0.792. The average molecular weight is 347 g/mol. The van der Waals surface area contributed by atoms with Gasteiger partial charge < -0.3 is 14.8 Å². The molecule has 26 heavy (non-hydrogen) atoms. The van der Waals surface area contributed by atoms with Gasteiger partial charge in [0.2, 0.25) is 11.8 Å². The van der Waals surface area contributed by atoms with E-state index in [1.807, 2.05) is 66.1 Å². The maximum Gasteiger partial charge on any atom is 0.247 e. The molecule has 2 heterocycles. The van der Waals surface area contributed by atoms with Crippen LogP contribution in [0.3, 0.4) is 0 Å². The Hall–Kier alpha value is -3.08. The summed E-state index contributed by atoms with van der Waals surface area (Å²) in [6.07, 6.45) is 0. The van der Waals surface area contributed by atoms with Crippen molar-refractivity contribution in [1.29, 1.82) is 0 Å². The van der Waals surface area contributed by atoms with E-state index < -0.39 is 6.04 Å². The van der Waals surface area contributed by atoms with Crippen LogP contribution in [0.2, 0.25) is 0 Å². The van der Waals surface area contributed by atoms with E-state index in [-0.39, 0.29) is 18.4 Å². The number of hydrogen-bond acceptors (Lipinski definition) is 2. The Kier molecular flexibility index (Phi) is 4.21. The van der Waals surface area contributed by atoms with E-state index >= 15 is 0 Å². The van der Waals surface area contributed by atoms with Crippen molar-refractivity contribution in [2.24, 2.45) is 0 Å². The van der Waals surface area contributed by atoms with Gasteiger partial charge in [0, 0.05) is 24.3 Å². The largest absolute Gasteiger partial charge is 0.352 e. The number of aryl methyl sites for hydroxylation is 1. The van der Waals surface area contributed by atoms with Gasteiger partial charge in [0.25, 0.3) is 0 Å². The summed E-state index contributed by atoms with van der Waals surface area (Å²) in [5, 5.41) is 3.99. The lowest BCUT2D eigenvalue weighted by Gasteiger charge is -2.35. The van der Waals surface area contributed by atoms with E-state index in [0.717, 1.165) is 22.2 Å². The minimum atomic E-state index is -0.570. The zero-order valence-corrected chi connectivity index (χ0v) is 14.7. The molecule has 2 amide bonds. The van der Waals surface area contributed by atoms with Crippen molar-refractivity contribution in [2.45, 2.75) is 19.5 Å². The van der Waals surface area contributed by atoms with Crippen molar-refractivity contribution in [1.82, 2.24) is 14.8 Å². The number of carbonyl (C=O) groups is 2. The smallest absolute Gasteiger partial charge is 0.247 e. The Morgan fingerprint density at radius 1 is 1.12 bits per heavy atom. The maximum atomic E-state index is 13.1. The fourth-order valence-corrected chi connectivity index (χ4v) is 3.69. The molecule has 0 bridgehead atoms. The zero-order valence-electron chi connectivity index (χ0n) is 14.7. The fraction of sp³-hybridized carbons (Fsp3) is 0.238. The number of para-hydroxylation sites is 1. The molecule has 4 rings (SSSR count). The number of carbonyl (C=O) groups excluding carboxylic acids is 2. The highest BCUT2D eigenvalue weighted by molar-refractivity contribution is 5.90. The lowest BCUT2D eigenvalue weighted by atomic mass is 10.0. The van der Waals surface area contributed by atoms with Gasteiger partial charge in [0.15, 0.2) is 0 Å². The molecule has 0 radical (unpaired) electrons. The van der Waals surface area contributed by atoms with E-state index in [0.29, 0.717) is 13.1 Å². The molecule has 1 saturated heterocycles. The summed E-state index contributed by atoms with van der Waals surface area (Å²) in [6, 6.07) is 19.0. The maximum absolute atomic E-state index is 13.1. The molecule has 0 spiro atoms. The Morgan fingerprint density at radius 3 is 2.65 bits per heavy atom. The third kappa shape index (κ3) is 2.86. The molecule has 1 aromatic heterocycles. The summed E-state index contributed by atoms with van der Waals surface area (Å²) in [7, 11) is 0. The van der Waals surface area contributed by atoms with Crippen molar-refractivity contribution in [3.63, 3.8) is 0 Å². The zero-order chi connectivity index (χ0) is 18.1. The van der Waals surface area contributed by atoms with E-state index in [9.17, 15) is 9.59 Å². The van der Waals surface area contributed by atoms with Gasteiger partial charge in [0.05, 0.1) is 0 Å². The summed E-state index contributed by atoms with van der Waals surface area (Å²) in [5.74, 6) is -0.164. The SMILES string of the molecule is Cc1cc2ccccc2n1CC(=O)N1CCNC(=O)C1c1ccccc1. The van der Waals surface area contributed by atoms with Gasteiger partial charge in [-0.1, -0.05) is 48.5 Å². The third-order valence-electron chi connectivity index (χ3n) is 4.96. The van der Waals surface area contributed by atoms with Crippen molar-refractivity contribution < 1.29 is 9.59 Å². The number of aromatic nitrogens is 1. The minimum Gasteiger partial charge on any atom is -0.352 e. The van der Waals surface area contributed by atoms with Crippen LogP contribution in [-0.4, -0.2) is 34.4 Å². The summed E-state index contributed by atoms with van der Waals surface area (Å²) in [6.45, 7) is 3.24. The number of hydrogen-bond donors (Lipinski definition) is 1. The van der Waals surface area contributed by atoms with Crippen LogP contribution >= 0.6 is 0 Å². The highest BCUT2D eigenvalue weighted by Gasteiger charge is 2.34. The first-order valence-electron chi connectivity index (χ1n) is 8.82. The predicted molar refractivity (Wildman–Crippen MR) is 101 cm³/mol. The number of benzene rings is 2. The highest BCUT2D eigenvalue weighted by Crippen LogP contribution is 2.25. The van der Waals surface area contributed by atoms with Crippen LogP contribution in [0.4, 0.5) is 0 Å². The molecule has 132 valence electrons. The number of piperazine rings is 1. The molecule has 0 saturated carbocycles. The summed E-state index contributed by atoms with van der Waals surface area (Å²) >= 11 is 0. The highest BCUT2D eigenvalue weighted by atomic mass is 16.2. The van der Waals surface area contributed by atoms with Gasteiger partial charge in [-0.25, -0.2) is 0 Å². The van der Waals surface area contributed by atoms with E-state index in [4.69, 9.17) is 0 Å². The standard InChI is InChI=1S/C21H21N3O2/c1-15-13-17-9-5-6-10-18(17)24(15)14-19(25)23-12-11-22-21(26)20(23)16-7-3-2-4-8-16/h2-10,13,20H,11-12,14H2,1H3,(H,22,26). The second-order valence-electron chi connectivity index (χ2n) is 6.62. The van der Waals surface area contributed by atoms with Gasteiger partial charge in [-0.15, -0.1) is 0 Å². The molecule has 3 aromatic rings. The number of nitrogens with one attached hydrogen (secondary N) is 1. The number of amides is 2. The molecule has 1 aliphatic rings. The molecule has 5 heteroatoms. The number of rotatable bonds is 3. The monoisotopic (exact) mass is 347 g/mol. The van der Waals surface area contributed by atoms with Gasteiger partial charge in [-0.3, -0.25) is 9.59 Å². The Bertz CT molecular complexity index is 962. The van der Waals surface area contributed by atoms with Crippen molar-refractivity contribution >= 4 is 22.7 Å². The number of fused-ring (bicyclic) bond motifs is 1. The van der Waals surface area contributed by atoms with Crippen molar-refractivity contribution in [3.05, 3.63) is 71.9 Å². The minimum absolute atomic E-state index is 0.0434. The molecular weight excluding hydrogens is 326 g/mol. The lowest BCUT2D eigenvalue weighted by Crippen LogP contribution is -2.52. The molecule has 1 aliphatic heterocycles. The second kappa shape index (κ2) is 6.67. The lowest BCUT2D eigenvalue weighted by molar-refractivity contribution is -0.144. The predicted octanol–water partition coefficient (Wildman–Crippen LogP) is 2.65. The van der Waals surface area contributed by atoms with Crippen LogP contribution < -0.4 is 5.32 Å². The fourth-order valence-electron chi connectivity index (χ4n) is 3.69. The van der Waals surface area contributed by atoms with Crippen LogP contribution in [0.25, 0.3) is 10.9 Å². The summed E-state index contributed by atoms with van der Waals surface area (Å²) < 4.78 is 2.02.